The highest BCUT2D eigenvalue weighted by Crippen LogP contribution is 2.45. The monoisotopic (exact) mass is 265 g/mol. The van der Waals surface area contributed by atoms with Crippen LogP contribution in [0.25, 0.3) is 0 Å². The van der Waals surface area contributed by atoms with Gasteiger partial charge < -0.3 is 4.90 Å². The van der Waals surface area contributed by atoms with Crippen LogP contribution in [0.1, 0.15) is 37.8 Å². The van der Waals surface area contributed by atoms with Crippen LogP contribution in [-0.2, 0) is 11.8 Å². The highest BCUT2D eigenvalue weighted by Gasteiger charge is 2.34. The van der Waals surface area contributed by atoms with E-state index >= 15 is 0 Å². The summed E-state index contributed by atoms with van der Waals surface area (Å²) in [6.45, 7) is 13.8. The average Bonchev–Trinajstić information content (AvgIpc) is 2.60. The molecule has 0 fully saturated rings. The number of hydrogen-bond acceptors (Lipinski definition) is 1. The van der Waals surface area contributed by atoms with E-state index in [1.165, 1.54) is 34.5 Å². The molecule has 0 radical (unpaired) electrons. The Morgan fingerprint density at radius 2 is 1.95 bits per heavy atom. The van der Waals surface area contributed by atoms with Gasteiger partial charge in [-0.2, -0.15) is 0 Å². The second-order valence-corrected chi connectivity index (χ2v) is 6.42. The molecule has 0 aromatic heterocycles. The van der Waals surface area contributed by atoms with E-state index in [4.69, 9.17) is 0 Å². The van der Waals surface area contributed by atoms with Crippen molar-refractivity contribution < 1.29 is 0 Å². The van der Waals surface area contributed by atoms with Gasteiger partial charge in [0.25, 0.3) is 0 Å². The third-order valence-corrected chi connectivity index (χ3v) is 4.80. The van der Waals surface area contributed by atoms with Crippen LogP contribution < -0.4 is 4.90 Å². The Labute approximate surface area is 122 Å². The van der Waals surface area contributed by atoms with Gasteiger partial charge in [0.15, 0.2) is 0 Å². The van der Waals surface area contributed by atoms with Gasteiger partial charge in [0, 0.05) is 17.9 Å². The molecule has 0 N–H and O–H groups in total. The fraction of sp³-hybridized carbons (Fsp3) is 0.368. The van der Waals surface area contributed by atoms with Crippen LogP contribution in [0.15, 0.2) is 54.8 Å². The molecule has 0 aliphatic carbocycles. The SMILES string of the molecule is C=CC1=C(C=C)N2CCC(C)(C)c3cccc(c32)CC1. The van der Waals surface area contributed by atoms with Crippen LogP contribution in [0.5, 0.6) is 0 Å². The van der Waals surface area contributed by atoms with Crippen LogP contribution in [-0.4, -0.2) is 6.54 Å². The maximum atomic E-state index is 4.04. The third kappa shape index (κ3) is 1.84. The molecule has 0 spiro atoms. The first-order valence-electron chi connectivity index (χ1n) is 7.46. The second-order valence-electron chi connectivity index (χ2n) is 6.42. The zero-order valence-corrected chi connectivity index (χ0v) is 12.6. The van der Waals surface area contributed by atoms with E-state index in [2.05, 4.69) is 50.1 Å². The van der Waals surface area contributed by atoms with Crippen molar-refractivity contribution in [3.05, 3.63) is 65.9 Å². The van der Waals surface area contributed by atoms with Gasteiger partial charge in [-0.1, -0.05) is 51.3 Å². The quantitative estimate of drug-likeness (QED) is 0.746. The molecule has 3 rings (SSSR count). The average molecular weight is 265 g/mol. The van der Waals surface area contributed by atoms with E-state index < -0.39 is 0 Å². The number of para-hydroxylation sites is 1. The Hall–Kier alpha value is -1.76. The van der Waals surface area contributed by atoms with Crippen molar-refractivity contribution in [3.8, 4) is 0 Å². The number of hydrogen-bond donors (Lipinski definition) is 0. The van der Waals surface area contributed by atoms with Gasteiger partial charge in [0.1, 0.15) is 0 Å². The summed E-state index contributed by atoms with van der Waals surface area (Å²) < 4.78 is 0. The first-order chi connectivity index (χ1) is 9.58. The van der Waals surface area contributed by atoms with Crippen molar-refractivity contribution in [1.82, 2.24) is 0 Å². The molecule has 1 nitrogen and oxygen atoms in total. The fourth-order valence-corrected chi connectivity index (χ4v) is 3.56. The summed E-state index contributed by atoms with van der Waals surface area (Å²) in [5.41, 5.74) is 7.20. The predicted molar refractivity (Wildman–Crippen MR) is 87.2 cm³/mol. The molecule has 0 atom stereocenters. The van der Waals surface area contributed by atoms with Crippen molar-refractivity contribution in [3.63, 3.8) is 0 Å². The topological polar surface area (TPSA) is 3.24 Å². The normalized spacial score (nSPS) is 20.2. The molecule has 0 saturated heterocycles. The number of aryl methyl sites for hydroxylation is 1. The molecule has 1 heteroatoms. The van der Waals surface area contributed by atoms with Crippen LogP contribution in [0.2, 0.25) is 0 Å². The molecule has 20 heavy (non-hydrogen) atoms. The number of rotatable bonds is 2. The molecule has 1 aromatic rings. The van der Waals surface area contributed by atoms with Crippen LogP contribution >= 0.6 is 0 Å². The number of anilines is 1. The van der Waals surface area contributed by atoms with E-state index in [0.717, 1.165) is 19.4 Å². The van der Waals surface area contributed by atoms with E-state index in [1.807, 2.05) is 12.2 Å². The summed E-state index contributed by atoms with van der Waals surface area (Å²) in [5.74, 6) is 0. The van der Waals surface area contributed by atoms with E-state index in [0.29, 0.717) is 0 Å². The Bertz CT molecular complexity index is 604. The minimum absolute atomic E-state index is 0.257. The minimum atomic E-state index is 0.257. The molecule has 2 aliphatic heterocycles. The zero-order chi connectivity index (χ0) is 14.3. The third-order valence-electron chi connectivity index (χ3n) is 4.80. The smallest absolute Gasteiger partial charge is 0.0481 e. The molecule has 1 aromatic carbocycles. The zero-order valence-electron chi connectivity index (χ0n) is 12.6. The fourth-order valence-electron chi connectivity index (χ4n) is 3.56. The van der Waals surface area contributed by atoms with Gasteiger partial charge in [-0.15, -0.1) is 0 Å². The van der Waals surface area contributed by atoms with Crippen molar-refractivity contribution in [2.24, 2.45) is 0 Å². The lowest BCUT2D eigenvalue weighted by atomic mass is 9.76. The minimum Gasteiger partial charge on any atom is -0.341 e. The highest BCUT2D eigenvalue weighted by atomic mass is 15.2. The van der Waals surface area contributed by atoms with Gasteiger partial charge in [0.05, 0.1) is 0 Å². The molecule has 0 saturated carbocycles. The maximum absolute atomic E-state index is 4.04. The second kappa shape index (κ2) is 4.66. The largest absolute Gasteiger partial charge is 0.341 e. The molecular weight excluding hydrogens is 242 g/mol. The predicted octanol–water partition coefficient (Wildman–Crippen LogP) is 4.75. The molecule has 0 unspecified atom stereocenters. The molecule has 104 valence electrons. The summed E-state index contributed by atoms with van der Waals surface area (Å²) in [5, 5.41) is 0. The number of benzene rings is 1. The molecule has 0 bridgehead atoms. The van der Waals surface area contributed by atoms with E-state index in [-0.39, 0.29) is 5.41 Å². The molecular formula is C19H23N. The van der Waals surface area contributed by atoms with E-state index in [9.17, 15) is 0 Å². The van der Waals surface area contributed by atoms with Crippen LogP contribution in [0.4, 0.5) is 5.69 Å². The lowest BCUT2D eigenvalue weighted by Gasteiger charge is -2.41. The highest BCUT2D eigenvalue weighted by molar-refractivity contribution is 5.70. The number of nitrogens with zero attached hydrogens (tertiary/aromatic N) is 1. The summed E-state index contributed by atoms with van der Waals surface area (Å²) >= 11 is 0. The van der Waals surface area contributed by atoms with Crippen molar-refractivity contribution in [2.75, 3.05) is 11.4 Å². The van der Waals surface area contributed by atoms with Gasteiger partial charge in [0.2, 0.25) is 0 Å². The lowest BCUT2D eigenvalue weighted by Crippen LogP contribution is -2.37. The van der Waals surface area contributed by atoms with Crippen LogP contribution in [0.3, 0.4) is 0 Å². The first kappa shape index (κ1) is 13.2. The molecule has 2 aliphatic rings. The van der Waals surface area contributed by atoms with E-state index in [1.54, 1.807) is 0 Å². The van der Waals surface area contributed by atoms with Crippen molar-refractivity contribution >= 4 is 5.69 Å². The maximum Gasteiger partial charge on any atom is 0.0481 e. The lowest BCUT2D eigenvalue weighted by molar-refractivity contribution is 0.463. The summed E-state index contributed by atoms with van der Waals surface area (Å²) in [6.07, 6.45) is 7.32. The molecule has 2 heterocycles. The Kier molecular flexibility index (Phi) is 3.08. The van der Waals surface area contributed by atoms with Crippen molar-refractivity contribution in [2.45, 2.75) is 38.5 Å². The summed E-state index contributed by atoms with van der Waals surface area (Å²) in [7, 11) is 0. The Balaban J connectivity index is 2.26. The summed E-state index contributed by atoms with van der Waals surface area (Å²) in [4.78, 5) is 2.47. The Morgan fingerprint density at radius 1 is 1.15 bits per heavy atom. The standard InChI is InChI=1S/C19H23N/c1-5-14-10-11-15-8-7-9-16-18(15)20(17(14)6-2)13-12-19(16,3)4/h5-9H,1-2,10-13H2,3-4H3. The first-order valence-corrected chi connectivity index (χ1v) is 7.46. The van der Waals surface area contributed by atoms with Gasteiger partial charge in [-0.05, 0) is 47.5 Å². The van der Waals surface area contributed by atoms with Gasteiger partial charge in [-0.3, -0.25) is 0 Å². The van der Waals surface area contributed by atoms with Crippen molar-refractivity contribution in [1.29, 1.82) is 0 Å². The number of allylic oxidation sites excluding steroid dienone is 3. The van der Waals surface area contributed by atoms with Gasteiger partial charge >= 0.3 is 0 Å². The van der Waals surface area contributed by atoms with Crippen LogP contribution in [0, 0.1) is 0 Å². The summed E-state index contributed by atoms with van der Waals surface area (Å²) in [6, 6.07) is 6.79. The molecule has 0 amide bonds. The Morgan fingerprint density at radius 3 is 2.65 bits per heavy atom. The van der Waals surface area contributed by atoms with Gasteiger partial charge in [-0.25, -0.2) is 0 Å².